The summed E-state index contributed by atoms with van der Waals surface area (Å²) < 4.78 is 23.9. The van der Waals surface area contributed by atoms with Gasteiger partial charge in [-0.1, -0.05) is 11.8 Å². The predicted octanol–water partition coefficient (Wildman–Crippen LogP) is 1.40. The number of ketones is 1. The third-order valence-corrected chi connectivity index (χ3v) is 7.28. The molecule has 0 aliphatic carbocycles. The van der Waals surface area contributed by atoms with E-state index in [4.69, 9.17) is 5.26 Å². The number of amidine groups is 1. The standard InChI is InChI=1S/C16H15N3O4S2/c1-10(20)11-2-4-12(5-3-11)19-13-8-25(22,23)9-14(13)24-16(19)18-15(21)6-7-17/h2-5,13-14H,6,8-9H2,1H3/t13-,14-/m0/s1. The van der Waals surface area contributed by atoms with E-state index >= 15 is 0 Å². The topological polar surface area (TPSA) is 108 Å². The Kier molecular flexibility index (Phi) is 4.67. The fraction of sp³-hybridized carbons (Fsp3) is 0.375. The number of fused-ring (bicyclic) bond motifs is 1. The van der Waals surface area contributed by atoms with Gasteiger partial charge >= 0.3 is 0 Å². The molecule has 0 bridgehead atoms. The van der Waals surface area contributed by atoms with E-state index in [-0.39, 0.29) is 35.0 Å². The van der Waals surface area contributed by atoms with Gasteiger partial charge in [0.15, 0.2) is 20.8 Å². The predicted molar refractivity (Wildman–Crippen MR) is 95.4 cm³/mol. The SMILES string of the molecule is CC(=O)c1ccc(N2C(=NC(=O)CC#N)S[C@H]3CS(=O)(=O)C[C@@H]32)cc1. The molecule has 0 spiro atoms. The second-order valence-corrected chi connectivity index (χ2v) is 9.26. The van der Waals surface area contributed by atoms with Crippen molar-refractivity contribution >= 4 is 44.1 Å². The van der Waals surface area contributed by atoms with Crippen LogP contribution in [0.3, 0.4) is 0 Å². The molecule has 0 aromatic heterocycles. The summed E-state index contributed by atoms with van der Waals surface area (Å²) in [5.74, 6) is -0.597. The number of Topliss-reactive ketones (excluding diaryl/α,β-unsaturated/α-hetero) is 1. The molecule has 9 heteroatoms. The Hall–Kier alpha value is -2.18. The Bertz CT molecular complexity index is 900. The van der Waals surface area contributed by atoms with Crippen LogP contribution in [-0.4, -0.2) is 48.1 Å². The van der Waals surface area contributed by atoms with Crippen molar-refractivity contribution in [3.05, 3.63) is 29.8 Å². The normalized spacial score (nSPS) is 25.6. The average molecular weight is 377 g/mol. The van der Waals surface area contributed by atoms with E-state index in [9.17, 15) is 18.0 Å². The van der Waals surface area contributed by atoms with E-state index in [1.54, 1.807) is 35.2 Å². The van der Waals surface area contributed by atoms with Gasteiger partial charge in [-0.25, -0.2) is 8.42 Å². The molecular formula is C16H15N3O4S2. The molecule has 0 N–H and O–H groups in total. The van der Waals surface area contributed by atoms with E-state index in [2.05, 4.69) is 4.99 Å². The van der Waals surface area contributed by atoms with Gasteiger partial charge < -0.3 is 4.90 Å². The molecule has 1 amide bonds. The van der Waals surface area contributed by atoms with Crippen molar-refractivity contribution in [3.63, 3.8) is 0 Å². The van der Waals surface area contributed by atoms with Crippen molar-refractivity contribution in [1.82, 2.24) is 0 Å². The van der Waals surface area contributed by atoms with Gasteiger partial charge in [0.1, 0.15) is 6.42 Å². The maximum absolute atomic E-state index is 12.0. The molecule has 2 saturated heterocycles. The maximum atomic E-state index is 12.0. The maximum Gasteiger partial charge on any atom is 0.262 e. The number of nitriles is 1. The molecule has 2 aliphatic rings. The molecule has 2 aliphatic heterocycles. The fourth-order valence-corrected chi connectivity index (χ4v) is 6.87. The summed E-state index contributed by atoms with van der Waals surface area (Å²) in [4.78, 5) is 28.9. The molecule has 1 aromatic carbocycles. The number of carbonyl (C=O) groups is 2. The minimum Gasteiger partial charge on any atom is -0.316 e. The first kappa shape index (κ1) is 17.6. The lowest BCUT2D eigenvalue weighted by Gasteiger charge is -2.24. The number of aliphatic imine (C=N–C) groups is 1. The van der Waals surface area contributed by atoms with Gasteiger partial charge in [-0.05, 0) is 31.2 Å². The molecule has 0 saturated carbocycles. The lowest BCUT2D eigenvalue weighted by Crippen LogP contribution is -2.37. The van der Waals surface area contributed by atoms with Crippen LogP contribution in [0.5, 0.6) is 0 Å². The summed E-state index contributed by atoms with van der Waals surface area (Å²) in [7, 11) is -3.14. The highest BCUT2D eigenvalue weighted by Crippen LogP contribution is 2.41. The number of anilines is 1. The Morgan fingerprint density at radius 1 is 1.32 bits per heavy atom. The number of thioether (sulfide) groups is 1. The molecule has 0 radical (unpaired) electrons. The summed E-state index contributed by atoms with van der Waals surface area (Å²) >= 11 is 1.25. The molecule has 2 heterocycles. The van der Waals surface area contributed by atoms with Crippen LogP contribution in [0.2, 0.25) is 0 Å². The van der Waals surface area contributed by atoms with Crippen molar-refractivity contribution in [3.8, 4) is 6.07 Å². The quantitative estimate of drug-likeness (QED) is 0.733. The largest absolute Gasteiger partial charge is 0.316 e. The molecular weight excluding hydrogens is 362 g/mol. The first-order chi connectivity index (χ1) is 11.8. The van der Waals surface area contributed by atoms with Gasteiger partial charge in [-0.3, -0.25) is 9.59 Å². The summed E-state index contributed by atoms with van der Waals surface area (Å²) in [6.45, 7) is 1.47. The highest BCUT2D eigenvalue weighted by molar-refractivity contribution is 8.16. The average Bonchev–Trinajstić information content (AvgIpc) is 2.98. The monoisotopic (exact) mass is 377 g/mol. The second-order valence-electron chi connectivity index (χ2n) is 5.90. The third kappa shape index (κ3) is 3.60. The van der Waals surface area contributed by atoms with Gasteiger partial charge in [0.2, 0.25) is 0 Å². The summed E-state index contributed by atoms with van der Waals surface area (Å²) in [6, 6.07) is 8.20. The van der Waals surface area contributed by atoms with Crippen molar-refractivity contribution in [1.29, 1.82) is 5.26 Å². The van der Waals surface area contributed by atoms with Crippen molar-refractivity contribution in [2.24, 2.45) is 4.99 Å². The van der Waals surface area contributed by atoms with Crippen LogP contribution in [0.1, 0.15) is 23.7 Å². The summed E-state index contributed by atoms with van der Waals surface area (Å²) in [6.07, 6.45) is -0.325. The fourth-order valence-electron chi connectivity index (χ4n) is 2.94. The van der Waals surface area contributed by atoms with Crippen molar-refractivity contribution in [2.45, 2.75) is 24.6 Å². The molecule has 25 heavy (non-hydrogen) atoms. The number of benzene rings is 1. The lowest BCUT2D eigenvalue weighted by molar-refractivity contribution is -0.116. The Morgan fingerprint density at radius 3 is 2.60 bits per heavy atom. The minimum absolute atomic E-state index is 0.00934. The number of amides is 1. The first-order valence-corrected chi connectivity index (χ1v) is 10.3. The van der Waals surface area contributed by atoms with Crippen molar-refractivity contribution < 1.29 is 18.0 Å². The second kappa shape index (κ2) is 6.61. The molecule has 0 unspecified atom stereocenters. The van der Waals surface area contributed by atoms with Crippen LogP contribution in [0.4, 0.5) is 5.69 Å². The molecule has 2 atom stereocenters. The number of rotatable bonds is 3. The Morgan fingerprint density at radius 2 is 2.00 bits per heavy atom. The number of carbonyl (C=O) groups excluding carboxylic acids is 2. The van der Waals surface area contributed by atoms with Gasteiger partial charge in [0.25, 0.3) is 5.91 Å². The zero-order valence-corrected chi connectivity index (χ0v) is 15.0. The van der Waals surface area contributed by atoms with Crippen LogP contribution >= 0.6 is 11.8 Å². The van der Waals surface area contributed by atoms with E-state index in [0.717, 1.165) is 0 Å². The van der Waals surface area contributed by atoms with Crippen LogP contribution in [0.15, 0.2) is 29.3 Å². The first-order valence-electron chi connectivity index (χ1n) is 7.56. The van der Waals surface area contributed by atoms with E-state index in [0.29, 0.717) is 16.4 Å². The number of hydrogen-bond acceptors (Lipinski definition) is 6. The lowest BCUT2D eigenvalue weighted by atomic mass is 10.1. The van der Waals surface area contributed by atoms with Gasteiger partial charge in [-0.15, -0.1) is 0 Å². The number of hydrogen-bond donors (Lipinski definition) is 0. The van der Waals surface area contributed by atoms with Crippen LogP contribution in [0.25, 0.3) is 0 Å². The molecule has 7 nitrogen and oxygen atoms in total. The zero-order chi connectivity index (χ0) is 18.2. The minimum atomic E-state index is -3.14. The number of nitrogens with zero attached hydrogens (tertiary/aromatic N) is 3. The Labute approximate surface area is 149 Å². The number of sulfone groups is 1. The molecule has 130 valence electrons. The third-order valence-electron chi connectivity index (χ3n) is 4.07. The van der Waals surface area contributed by atoms with E-state index in [1.165, 1.54) is 18.7 Å². The van der Waals surface area contributed by atoms with Gasteiger partial charge in [0, 0.05) is 16.5 Å². The zero-order valence-electron chi connectivity index (χ0n) is 13.4. The molecule has 1 aromatic rings. The van der Waals surface area contributed by atoms with Crippen LogP contribution in [0, 0.1) is 11.3 Å². The van der Waals surface area contributed by atoms with E-state index < -0.39 is 15.7 Å². The van der Waals surface area contributed by atoms with Crippen LogP contribution < -0.4 is 4.90 Å². The van der Waals surface area contributed by atoms with E-state index in [1.807, 2.05) is 0 Å². The van der Waals surface area contributed by atoms with Gasteiger partial charge in [-0.2, -0.15) is 10.3 Å². The van der Waals surface area contributed by atoms with Crippen molar-refractivity contribution in [2.75, 3.05) is 16.4 Å². The highest BCUT2D eigenvalue weighted by atomic mass is 32.2. The summed E-state index contributed by atoms with van der Waals surface area (Å²) in [5, 5.41) is 8.84. The molecule has 3 rings (SSSR count). The van der Waals surface area contributed by atoms with Gasteiger partial charge in [0.05, 0.1) is 23.6 Å². The highest BCUT2D eigenvalue weighted by Gasteiger charge is 2.49. The smallest absolute Gasteiger partial charge is 0.262 e. The van der Waals surface area contributed by atoms with Crippen LogP contribution in [-0.2, 0) is 14.6 Å². The summed E-state index contributed by atoms with van der Waals surface area (Å²) in [5.41, 5.74) is 1.22. The molecule has 2 fully saturated rings. The Balaban J connectivity index is 1.99.